The molecule has 13 heavy (non-hydrogen) atoms. The molecule has 0 atom stereocenters. The Hall–Kier alpha value is -0.840. The maximum Gasteiger partial charge on any atom is 0.176 e. The summed E-state index contributed by atoms with van der Waals surface area (Å²) in [6, 6.07) is 10.2. The van der Waals surface area contributed by atoms with E-state index in [2.05, 4.69) is 51.2 Å². The van der Waals surface area contributed by atoms with Crippen LogP contribution < -0.4 is 0 Å². The molecule has 0 bridgehead atoms. The number of benzene rings is 1. The standard InChI is InChI=1S/C10H9IN2/c1-8-7-12-10(11)13(8)9-5-3-2-4-6-9/h2-7H,1H3. The molecule has 2 nitrogen and oxygen atoms in total. The molecule has 3 heteroatoms. The number of imidazole rings is 1. The van der Waals surface area contributed by atoms with Crippen molar-refractivity contribution in [1.82, 2.24) is 9.55 Å². The third-order valence-corrected chi connectivity index (χ3v) is 2.67. The number of para-hydroxylation sites is 1. The fraction of sp³-hybridized carbons (Fsp3) is 0.100. The number of nitrogens with zero attached hydrogens (tertiary/aromatic N) is 2. The predicted molar refractivity (Wildman–Crippen MR) is 61.0 cm³/mol. The fourth-order valence-corrected chi connectivity index (χ4v) is 2.09. The lowest BCUT2D eigenvalue weighted by Crippen LogP contribution is -1.98. The van der Waals surface area contributed by atoms with Crippen molar-refractivity contribution in [1.29, 1.82) is 0 Å². The van der Waals surface area contributed by atoms with Gasteiger partial charge < -0.3 is 0 Å². The molecule has 0 saturated heterocycles. The van der Waals surface area contributed by atoms with Gasteiger partial charge in [-0.2, -0.15) is 0 Å². The Balaban J connectivity index is 2.59. The highest BCUT2D eigenvalue weighted by molar-refractivity contribution is 14.1. The molecule has 66 valence electrons. The summed E-state index contributed by atoms with van der Waals surface area (Å²) >= 11 is 2.24. The highest BCUT2D eigenvalue weighted by atomic mass is 127. The molecular formula is C10H9IN2. The summed E-state index contributed by atoms with van der Waals surface area (Å²) in [6.45, 7) is 2.06. The van der Waals surface area contributed by atoms with Gasteiger partial charge in [0.25, 0.3) is 0 Å². The molecule has 0 spiro atoms. The maximum absolute atomic E-state index is 4.24. The van der Waals surface area contributed by atoms with Gasteiger partial charge in [-0.15, -0.1) is 0 Å². The van der Waals surface area contributed by atoms with Gasteiger partial charge in [-0.1, -0.05) is 18.2 Å². The van der Waals surface area contributed by atoms with E-state index in [1.165, 1.54) is 5.69 Å². The molecular weight excluding hydrogens is 275 g/mol. The first kappa shape index (κ1) is 8.74. The lowest BCUT2D eigenvalue weighted by molar-refractivity contribution is 0.967. The summed E-state index contributed by atoms with van der Waals surface area (Å²) in [6.07, 6.45) is 1.88. The Morgan fingerprint density at radius 1 is 1.23 bits per heavy atom. The van der Waals surface area contributed by atoms with Gasteiger partial charge in [0.15, 0.2) is 3.83 Å². The Kier molecular flexibility index (Phi) is 2.35. The van der Waals surface area contributed by atoms with Crippen LogP contribution in [0.25, 0.3) is 5.69 Å². The number of hydrogen-bond acceptors (Lipinski definition) is 1. The van der Waals surface area contributed by atoms with Crippen molar-refractivity contribution in [2.24, 2.45) is 0 Å². The molecule has 0 fully saturated rings. The van der Waals surface area contributed by atoms with Gasteiger partial charge in [-0.3, -0.25) is 4.57 Å². The van der Waals surface area contributed by atoms with Crippen LogP contribution in [0.2, 0.25) is 0 Å². The van der Waals surface area contributed by atoms with Crippen molar-refractivity contribution >= 4 is 22.6 Å². The van der Waals surface area contributed by atoms with Crippen LogP contribution >= 0.6 is 22.6 Å². The van der Waals surface area contributed by atoms with Crippen LogP contribution in [0.5, 0.6) is 0 Å². The maximum atomic E-state index is 4.24. The molecule has 0 amide bonds. The van der Waals surface area contributed by atoms with Crippen LogP contribution in [-0.2, 0) is 0 Å². The van der Waals surface area contributed by atoms with Gasteiger partial charge in [0.05, 0.1) is 0 Å². The smallest absolute Gasteiger partial charge is 0.176 e. The molecule has 0 aliphatic carbocycles. The molecule has 1 heterocycles. The highest BCUT2D eigenvalue weighted by Crippen LogP contribution is 2.14. The largest absolute Gasteiger partial charge is 0.293 e. The summed E-state index contributed by atoms with van der Waals surface area (Å²) in [4.78, 5) is 4.24. The predicted octanol–water partition coefficient (Wildman–Crippen LogP) is 2.79. The summed E-state index contributed by atoms with van der Waals surface area (Å²) < 4.78 is 3.13. The first-order valence-corrected chi connectivity index (χ1v) is 5.12. The minimum atomic E-state index is 1.00. The quantitative estimate of drug-likeness (QED) is 0.736. The first-order valence-electron chi connectivity index (χ1n) is 4.04. The Labute approximate surface area is 90.8 Å². The van der Waals surface area contributed by atoms with E-state index in [0.29, 0.717) is 0 Å². The molecule has 0 aliphatic heterocycles. The van der Waals surface area contributed by atoms with Gasteiger partial charge in [-0.05, 0) is 19.1 Å². The Morgan fingerprint density at radius 2 is 1.92 bits per heavy atom. The third kappa shape index (κ3) is 1.60. The van der Waals surface area contributed by atoms with Crippen molar-refractivity contribution in [2.45, 2.75) is 6.92 Å². The lowest BCUT2D eigenvalue weighted by atomic mass is 10.3. The van der Waals surface area contributed by atoms with E-state index in [-0.39, 0.29) is 0 Å². The molecule has 0 N–H and O–H groups in total. The zero-order valence-corrected chi connectivity index (χ0v) is 9.39. The van der Waals surface area contributed by atoms with E-state index in [4.69, 9.17) is 0 Å². The lowest BCUT2D eigenvalue weighted by Gasteiger charge is -2.05. The van der Waals surface area contributed by atoms with Gasteiger partial charge in [0.1, 0.15) is 0 Å². The summed E-state index contributed by atoms with van der Waals surface area (Å²) in [5, 5.41) is 0. The van der Waals surface area contributed by atoms with E-state index in [0.717, 1.165) is 9.53 Å². The average Bonchev–Trinajstić information content (AvgIpc) is 2.48. The number of aromatic nitrogens is 2. The zero-order valence-electron chi connectivity index (χ0n) is 7.24. The van der Waals surface area contributed by atoms with Crippen LogP contribution in [0.3, 0.4) is 0 Å². The second-order valence-electron chi connectivity index (χ2n) is 2.84. The monoisotopic (exact) mass is 284 g/mol. The molecule has 2 aromatic rings. The second-order valence-corrected chi connectivity index (χ2v) is 3.80. The van der Waals surface area contributed by atoms with E-state index in [9.17, 15) is 0 Å². The molecule has 1 aromatic heterocycles. The summed E-state index contributed by atoms with van der Waals surface area (Å²) in [5.41, 5.74) is 2.33. The normalized spacial score (nSPS) is 10.3. The number of hydrogen-bond donors (Lipinski definition) is 0. The zero-order chi connectivity index (χ0) is 9.26. The summed E-state index contributed by atoms with van der Waals surface area (Å²) in [7, 11) is 0. The molecule has 1 aromatic carbocycles. The van der Waals surface area contributed by atoms with Crippen molar-refractivity contribution in [3.8, 4) is 5.69 Å². The molecule has 0 radical (unpaired) electrons. The van der Waals surface area contributed by atoms with Crippen LogP contribution in [-0.4, -0.2) is 9.55 Å². The average molecular weight is 284 g/mol. The minimum absolute atomic E-state index is 1.00. The number of aryl methyl sites for hydroxylation is 1. The van der Waals surface area contributed by atoms with Gasteiger partial charge in [-0.25, -0.2) is 4.98 Å². The van der Waals surface area contributed by atoms with Crippen molar-refractivity contribution in [3.63, 3.8) is 0 Å². The van der Waals surface area contributed by atoms with Crippen molar-refractivity contribution in [3.05, 3.63) is 46.1 Å². The molecule has 0 unspecified atom stereocenters. The fourth-order valence-electron chi connectivity index (χ4n) is 1.29. The Morgan fingerprint density at radius 3 is 2.46 bits per heavy atom. The van der Waals surface area contributed by atoms with Crippen LogP contribution in [0, 0.1) is 10.8 Å². The Bertz CT molecular complexity index is 387. The van der Waals surface area contributed by atoms with Crippen LogP contribution in [0.15, 0.2) is 36.5 Å². The van der Waals surface area contributed by atoms with E-state index in [1.807, 2.05) is 24.4 Å². The van der Waals surface area contributed by atoms with E-state index >= 15 is 0 Å². The van der Waals surface area contributed by atoms with E-state index in [1.54, 1.807) is 0 Å². The van der Waals surface area contributed by atoms with Gasteiger partial charge in [0.2, 0.25) is 0 Å². The van der Waals surface area contributed by atoms with E-state index < -0.39 is 0 Å². The molecule has 2 rings (SSSR count). The molecule has 0 aliphatic rings. The van der Waals surface area contributed by atoms with Crippen LogP contribution in [0.1, 0.15) is 5.69 Å². The van der Waals surface area contributed by atoms with Crippen LogP contribution in [0.4, 0.5) is 0 Å². The van der Waals surface area contributed by atoms with Crippen molar-refractivity contribution < 1.29 is 0 Å². The minimum Gasteiger partial charge on any atom is -0.293 e. The van der Waals surface area contributed by atoms with Gasteiger partial charge in [0, 0.05) is 40.2 Å². The van der Waals surface area contributed by atoms with Gasteiger partial charge >= 0.3 is 0 Å². The molecule has 0 saturated carbocycles. The number of rotatable bonds is 1. The first-order chi connectivity index (χ1) is 6.29. The highest BCUT2D eigenvalue weighted by Gasteiger charge is 2.04. The van der Waals surface area contributed by atoms with Crippen molar-refractivity contribution in [2.75, 3.05) is 0 Å². The third-order valence-electron chi connectivity index (χ3n) is 1.91. The number of halogens is 1. The topological polar surface area (TPSA) is 17.8 Å². The second kappa shape index (κ2) is 3.49. The summed E-state index contributed by atoms with van der Waals surface area (Å²) in [5.74, 6) is 0. The SMILES string of the molecule is Cc1cnc(I)n1-c1ccccc1.